The van der Waals surface area contributed by atoms with Crippen LogP contribution in [0.25, 0.3) is 16.9 Å². The maximum Gasteiger partial charge on any atom is 0.178 e. The van der Waals surface area contributed by atoms with Crippen molar-refractivity contribution in [1.29, 1.82) is 0 Å². The van der Waals surface area contributed by atoms with E-state index in [1.54, 1.807) is 0 Å². The number of anilines is 2. The van der Waals surface area contributed by atoms with Crippen LogP contribution in [0, 0.1) is 6.92 Å². The highest BCUT2D eigenvalue weighted by Gasteiger charge is 2.20. The van der Waals surface area contributed by atoms with E-state index >= 15 is 0 Å². The van der Waals surface area contributed by atoms with Crippen molar-refractivity contribution in [2.24, 2.45) is 0 Å². The van der Waals surface area contributed by atoms with Crippen LogP contribution in [0.3, 0.4) is 0 Å². The summed E-state index contributed by atoms with van der Waals surface area (Å²) in [4.78, 5) is 14.2. The number of rotatable bonds is 3. The predicted molar refractivity (Wildman–Crippen MR) is 109 cm³/mol. The van der Waals surface area contributed by atoms with Gasteiger partial charge in [0.15, 0.2) is 5.65 Å². The van der Waals surface area contributed by atoms with Crippen LogP contribution in [-0.2, 0) is 4.74 Å². The van der Waals surface area contributed by atoms with Gasteiger partial charge >= 0.3 is 0 Å². The number of nitrogens with one attached hydrogen (secondary N) is 1. The van der Waals surface area contributed by atoms with Gasteiger partial charge in [-0.25, -0.2) is 14.5 Å². The molecule has 0 unspecified atom stereocenters. The lowest BCUT2D eigenvalue weighted by atomic mass is 10.2. The zero-order valence-corrected chi connectivity index (χ0v) is 16.1. The number of ether oxygens (including phenoxy) is 1. The molecular weight excluding hydrogens is 354 g/mol. The number of hydrogen-bond acceptors (Lipinski definition) is 7. The van der Waals surface area contributed by atoms with Gasteiger partial charge in [-0.05, 0) is 25.1 Å². The Labute approximate surface area is 164 Å². The first-order valence-corrected chi connectivity index (χ1v) is 9.90. The quantitative estimate of drug-likeness (QED) is 0.736. The lowest BCUT2D eigenvalue weighted by Gasteiger charge is -2.28. The molecule has 0 aromatic carbocycles. The second-order valence-corrected chi connectivity index (χ2v) is 7.24. The Balaban J connectivity index is 1.51. The van der Waals surface area contributed by atoms with Crippen LogP contribution in [0.2, 0.25) is 0 Å². The predicted octanol–water partition coefficient (Wildman–Crippen LogP) is 1.35. The van der Waals surface area contributed by atoms with E-state index in [-0.39, 0.29) is 0 Å². The van der Waals surface area contributed by atoms with Crippen molar-refractivity contribution in [3.05, 3.63) is 36.3 Å². The molecule has 0 amide bonds. The van der Waals surface area contributed by atoms with E-state index < -0.39 is 0 Å². The van der Waals surface area contributed by atoms with Crippen molar-refractivity contribution in [3.63, 3.8) is 0 Å². The van der Waals surface area contributed by atoms with Gasteiger partial charge in [-0.15, -0.1) is 0 Å². The van der Waals surface area contributed by atoms with Crippen molar-refractivity contribution in [2.75, 3.05) is 62.3 Å². The highest BCUT2D eigenvalue weighted by molar-refractivity contribution is 5.75. The summed E-state index contributed by atoms with van der Waals surface area (Å²) >= 11 is 0. The van der Waals surface area contributed by atoms with Gasteiger partial charge in [0.25, 0.3) is 0 Å². The normalized spacial score (nSPS) is 18.0. The van der Waals surface area contributed by atoms with Crippen LogP contribution in [0.1, 0.15) is 5.69 Å². The van der Waals surface area contributed by atoms with Crippen LogP contribution in [0.5, 0.6) is 0 Å². The van der Waals surface area contributed by atoms with E-state index in [0.29, 0.717) is 0 Å². The molecule has 2 aliphatic rings. The van der Waals surface area contributed by atoms with Gasteiger partial charge in [0.1, 0.15) is 5.82 Å². The number of aryl methyl sites for hydroxylation is 1. The molecule has 0 atom stereocenters. The lowest BCUT2D eigenvalue weighted by Crippen LogP contribution is -2.43. The monoisotopic (exact) mass is 379 g/mol. The summed E-state index contributed by atoms with van der Waals surface area (Å²) in [6, 6.07) is 6.28. The Morgan fingerprint density at radius 1 is 1.00 bits per heavy atom. The second-order valence-electron chi connectivity index (χ2n) is 7.24. The van der Waals surface area contributed by atoms with Crippen molar-refractivity contribution >= 4 is 17.2 Å². The Morgan fingerprint density at radius 2 is 1.82 bits per heavy atom. The average Bonchev–Trinajstić information content (AvgIpc) is 3.11. The van der Waals surface area contributed by atoms with E-state index in [4.69, 9.17) is 14.7 Å². The molecule has 1 N–H and O–H groups in total. The van der Waals surface area contributed by atoms with Crippen molar-refractivity contribution in [3.8, 4) is 11.3 Å². The smallest absolute Gasteiger partial charge is 0.178 e. The third kappa shape index (κ3) is 3.08. The summed E-state index contributed by atoms with van der Waals surface area (Å²) in [5.74, 6) is 1.03. The molecule has 28 heavy (non-hydrogen) atoms. The minimum atomic E-state index is 0.748. The van der Waals surface area contributed by atoms with Crippen LogP contribution in [0.15, 0.2) is 30.6 Å². The largest absolute Gasteiger partial charge is 0.378 e. The molecule has 0 bridgehead atoms. The standard InChI is InChI=1S/C20H25N7O/c1-15-19(16-2-3-18(22-14-16)26-8-6-21-7-9-26)27-20(24-15)17(4-5-23-27)25-10-12-28-13-11-25/h2-5,14,21H,6-13H2,1H3. The van der Waals surface area contributed by atoms with E-state index in [2.05, 4.69) is 32.3 Å². The molecule has 2 aliphatic heterocycles. The number of fused-ring (bicyclic) bond motifs is 1. The summed E-state index contributed by atoms with van der Waals surface area (Å²) < 4.78 is 7.44. The van der Waals surface area contributed by atoms with Crippen molar-refractivity contribution in [2.45, 2.75) is 6.92 Å². The zero-order valence-electron chi connectivity index (χ0n) is 16.1. The second kappa shape index (κ2) is 7.37. The van der Waals surface area contributed by atoms with Crippen LogP contribution < -0.4 is 15.1 Å². The molecule has 3 aromatic heterocycles. The maximum absolute atomic E-state index is 5.49. The van der Waals surface area contributed by atoms with Crippen molar-refractivity contribution < 1.29 is 4.74 Å². The Kier molecular flexibility index (Phi) is 4.58. The Hall–Kier alpha value is -2.71. The molecule has 2 saturated heterocycles. The number of pyridine rings is 1. The summed E-state index contributed by atoms with van der Waals surface area (Å²) in [6.45, 7) is 9.28. The Morgan fingerprint density at radius 3 is 2.57 bits per heavy atom. The summed E-state index contributed by atoms with van der Waals surface area (Å²) in [5.41, 5.74) is 5.01. The van der Waals surface area contributed by atoms with Gasteiger partial charge < -0.3 is 19.9 Å². The van der Waals surface area contributed by atoms with Crippen molar-refractivity contribution in [1.82, 2.24) is 24.9 Å². The summed E-state index contributed by atoms with van der Waals surface area (Å²) in [5, 5.41) is 7.97. The average molecular weight is 379 g/mol. The number of hydrogen-bond donors (Lipinski definition) is 1. The van der Waals surface area contributed by atoms with Gasteiger partial charge in [0.05, 0.1) is 36.5 Å². The minimum absolute atomic E-state index is 0.748. The number of imidazole rings is 1. The fraction of sp³-hybridized carbons (Fsp3) is 0.450. The summed E-state index contributed by atoms with van der Waals surface area (Å²) in [7, 11) is 0. The van der Waals surface area contributed by atoms with Gasteiger partial charge in [-0.1, -0.05) is 0 Å². The molecule has 2 fully saturated rings. The lowest BCUT2D eigenvalue weighted by molar-refractivity contribution is 0.123. The molecule has 0 spiro atoms. The minimum Gasteiger partial charge on any atom is -0.378 e. The topological polar surface area (TPSA) is 70.8 Å². The number of morpholine rings is 1. The van der Waals surface area contributed by atoms with Gasteiger partial charge in [-0.2, -0.15) is 5.10 Å². The molecule has 5 rings (SSSR count). The third-order valence-electron chi connectivity index (χ3n) is 5.49. The van der Waals surface area contributed by atoms with Crippen LogP contribution >= 0.6 is 0 Å². The molecule has 0 saturated carbocycles. The fourth-order valence-electron chi connectivity index (χ4n) is 4.03. The summed E-state index contributed by atoms with van der Waals surface area (Å²) in [6.07, 6.45) is 3.79. The molecule has 8 nitrogen and oxygen atoms in total. The first kappa shape index (κ1) is 17.4. The number of nitrogens with zero attached hydrogens (tertiary/aromatic N) is 6. The first-order valence-electron chi connectivity index (χ1n) is 9.90. The molecule has 8 heteroatoms. The highest BCUT2D eigenvalue weighted by atomic mass is 16.5. The molecule has 0 aliphatic carbocycles. The maximum atomic E-state index is 5.49. The molecule has 3 aromatic rings. The van der Waals surface area contributed by atoms with Gasteiger partial charge in [-0.3, -0.25) is 0 Å². The zero-order chi connectivity index (χ0) is 18.9. The Bertz CT molecular complexity index is 957. The van der Waals surface area contributed by atoms with Crippen LogP contribution in [-0.4, -0.2) is 72.1 Å². The molecule has 146 valence electrons. The van der Waals surface area contributed by atoms with E-state index in [0.717, 1.165) is 86.6 Å². The molecule has 5 heterocycles. The van der Waals surface area contributed by atoms with Crippen LogP contribution in [0.4, 0.5) is 11.5 Å². The third-order valence-corrected chi connectivity index (χ3v) is 5.49. The van der Waals surface area contributed by atoms with E-state index in [1.807, 2.05) is 29.9 Å². The van der Waals surface area contributed by atoms with Gasteiger partial charge in [0, 0.05) is 51.0 Å². The first-order chi connectivity index (χ1) is 13.8. The fourth-order valence-corrected chi connectivity index (χ4v) is 4.03. The van der Waals surface area contributed by atoms with E-state index in [1.165, 1.54) is 0 Å². The highest BCUT2D eigenvalue weighted by Crippen LogP contribution is 2.29. The number of piperazine rings is 1. The molecule has 0 radical (unpaired) electrons. The number of aromatic nitrogens is 4. The van der Waals surface area contributed by atoms with E-state index in [9.17, 15) is 0 Å². The SMILES string of the molecule is Cc1nc2c(N3CCOCC3)ccnn2c1-c1ccc(N2CCNCC2)nc1. The van der Waals surface area contributed by atoms with Gasteiger partial charge in [0.2, 0.25) is 0 Å². The molecular formula is C20H25N7O.